The molecular weight excluding hydrogens is 280 g/mol. The van der Waals surface area contributed by atoms with E-state index in [1.165, 1.54) is 61.8 Å². The van der Waals surface area contributed by atoms with Crippen molar-refractivity contribution in [2.75, 3.05) is 13.1 Å². The lowest BCUT2D eigenvalue weighted by molar-refractivity contribution is -0.00000417. The minimum Gasteiger partial charge on any atom is -1.00 e. The quantitative estimate of drug-likeness (QED) is 0.809. The van der Waals surface area contributed by atoms with Gasteiger partial charge in [-0.2, -0.15) is 0 Å². The van der Waals surface area contributed by atoms with Crippen molar-refractivity contribution in [1.82, 2.24) is 9.47 Å². The molecule has 1 aliphatic carbocycles. The van der Waals surface area contributed by atoms with E-state index >= 15 is 0 Å². The summed E-state index contributed by atoms with van der Waals surface area (Å²) in [5.74, 6) is 0. The molecular formula is C18H25ClN2. The Labute approximate surface area is 135 Å². The van der Waals surface area contributed by atoms with Crippen molar-refractivity contribution in [3.05, 3.63) is 35.0 Å². The number of aromatic nitrogens is 1. The minimum atomic E-state index is 0. The lowest BCUT2D eigenvalue weighted by Gasteiger charge is -2.39. The Morgan fingerprint density at radius 2 is 2.14 bits per heavy atom. The molecule has 0 bridgehead atoms. The fraction of sp³-hybridized carbons (Fsp3) is 0.556. The molecule has 1 aromatic carbocycles. The summed E-state index contributed by atoms with van der Waals surface area (Å²) >= 11 is 0. The first-order valence-electron chi connectivity index (χ1n) is 8.15. The third kappa shape index (κ3) is 2.20. The number of halogens is 1. The van der Waals surface area contributed by atoms with E-state index in [2.05, 4.69) is 41.5 Å². The molecule has 0 saturated carbocycles. The summed E-state index contributed by atoms with van der Waals surface area (Å²) in [6.45, 7) is 8.17. The maximum absolute atomic E-state index is 2.73. The molecule has 21 heavy (non-hydrogen) atoms. The second-order valence-electron chi connectivity index (χ2n) is 6.48. The molecule has 1 unspecified atom stereocenters. The van der Waals surface area contributed by atoms with Gasteiger partial charge in [-0.25, -0.2) is 0 Å². The van der Waals surface area contributed by atoms with Gasteiger partial charge in [0.05, 0.1) is 6.04 Å². The normalized spacial score (nSPS) is 21.1. The molecule has 2 aliphatic rings. The summed E-state index contributed by atoms with van der Waals surface area (Å²) < 4.78 is 2.63. The highest BCUT2D eigenvalue weighted by Crippen LogP contribution is 2.42. The van der Waals surface area contributed by atoms with Crippen LogP contribution in [0.3, 0.4) is 0 Å². The second-order valence-corrected chi connectivity index (χ2v) is 6.48. The zero-order chi connectivity index (χ0) is 13.7. The van der Waals surface area contributed by atoms with Crippen LogP contribution in [0, 0.1) is 6.92 Å². The number of aryl methyl sites for hydroxylation is 2. The molecule has 3 heteroatoms. The van der Waals surface area contributed by atoms with Crippen molar-refractivity contribution in [2.45, 2.75) is 52.1 Å². The van der Waals surface area contributed by atoms with E-state index in [0.29, 0.717) is 6.04 Å². The molecule has 1 aliphatic heterocycles. The first-order chi connectivity index (χ1) is 9.79. The number of hydrogen-bond donors (Lipinski definition) is 0. The number of fused-ring (bicyclic) bond motifs is 3. The van der Waals surface area contributed by atoms with Gasteiger partial charge in [-0.3, -0.25) is 4.90 Å². The Hall–Kier alpha value is -0.990. The zero-order valence-corrected chi connectivity index (χ0v) is 13.8. The first-order valence-corrected chi connectivity index (χ1v) is 8.15. The Morgan fingerprint density at radius 1 is 1.29 bits per heavy atom. The molecule has 2 aromatic rings. The number of rotatable bonds is 2. The summed E-state index contributed by atoms with van der Waals surface area (Å²) in [7, 11) is 0. The molecule has 2 heterocycles. The number of hydrogen-bond acceptors (Lipinski definition) is 1. The van der Waals surface area contributed by atoms with E-state index in [1.807, 2.05) is 0 Å². The predicted molar refractivity (Wildman–Crippen MR) is 85.3 cm³/mol. The molecule has 0 amide bonds. The fourth-order valence-electron chi connectivity index (χ4n) is 4.35. The third-order valence-corrected chi connectivity index (χ3v) is 5.15. The van der Waals surface area contributed by atoms with Crippen LogP contribution in [0.25, 0.3) is 10.9 Å². The van der Waals surface area contributed by atoms with Crippen LogP contribution in [0.5, 0.6) is 0 Å². The lowest BCUT2D eigenvalue weighted by atomic mass is 9.89. The Balaban J connectivity index is 0.000000882. The highest BCUT2D eigenvalue weighted by molar-refractivity contribution is 5.87. The molecule has 0 radical (unpaired) electrons. The fourth-order valence-corrected chi connectivity index (χ4v) is 4.35. The molecule has 0 spiro atoms. The summed E-state index contributed by atoms with van der Waals surface area (Å²) in [6.07, 6.45) is 5.25. The highest BCUT2D eigenvalue weighted by Gasteiger charge is 2.34. The molecule has 0 N–H and O–H groups in total. The standard InChI is InChI=1S/C18H24N2.ClH/c1-3-9-19-10-11-20-16-8-7-13(2)12-15(16)14-5-4-6-17(19)18(14)20;/h7-8,12,17H,3-6,9-11H2,1-2H3;1H. The zero-order valence-electron chi connectivity index (χ0n) is 14.0. The molecule has 1 aromatic heterocycles. The maximum atomic E-state index is 2.73. The van der Waals surface area contributed by atoms with Gasteiger partial charge in [-0.15, -0.1) is 0 Å². The van der Waals surface area contributed by atoms with E-state index in [0.717, 1.165) is 0 Å². The molecule has 2 nitrogen and oxygen atoms in total. The van der Waals surface area contributed by atoms with Gasteiger partial charge < -0.3 is 17.0 Å². The van der Waals surface area contributed by atoms with Gasteiger partial charge in [-0.1, -0.05) is 18.6 Å². The third-order valence-electron chi connectivity index (χ3n) is 5.15. The monoisotopic (exact) mass is 304 g/mol. The van der Waals surface area contributed by atoms with Crippen molar-refractivity contribution in [2.24, 2.45) is 0 Å². The van der Waals surface area contributed by atoms with Crippen LogP contribution in [0.15, 0.2) is 18.2 Å². The first kappa shape index (κ1) is 14.9. The van der Waals surface area contributed by atoms with E-state index in [9.17, 15) is 0 Å². The van der Waals surface area contributed by atoms with Gasteiger partial charge in [-0.05, 0) is 56.8 Å². The topological polar surface area (TPSA) is 8.17 Å². The van der Waals surface area contributed by atoms with Crippen LogP contribution in [0.4, 0.5) is 0 Å². The number of benzene rings is 1. The second kappa shape index (κ2) is 5.66. The van der Waals surface area contributed by atoms with Crippen LogP contribution in [-0.2, 0) is 13.0 Å². The smallest absolute Gasteiger partial charge is 1.00 e. The van der Waals surface area contributed by atoms with Gasteiger partial charge in [0.25, 0.3) is 0 Å². The minimum absolute atomic E-state index is 0. The Morgan fingerprint density at radius 3 is 2.95 bits per heavy atom. The predicted octanol–water partition coefficient (Wildman–Crippen LogP) is 1.17. The van der Waals surface area contributed by atoms with Gasteiger partial charge in [0.1, 0.15) is 0 Å². The van der Waals surface area contributed by atoms with E-state index in [1.54, 1.807) is 11.3 Å². The van der Waals surface area contributed by atoms with Crippen LogP contribution in [0.2, 0.25) is 0 Å². The van der Waals surface area contributed by atoms with Crippen LogP contribution in [-0.4, -0.2) is 22.6 Å². The van der Waals surface area contributed by atoms with Crippen molar-refractivity contribution >= 4 is 10.9 Å². The van der Waals surface area contributed by atoms with Gasteiger partial charge in [0.15, 0.2) is 0 Å². The summed E-state index contributed by atoms with van der Waals surface area (Å²) in [5, 5.41) is 1.53. The van der Waals surface area contributed by atoms with Gasteiger partial charge in [0.2, 0.25) is 0 Å². The molecule has 1 atom stereocenters. The van der Waals surface area contributed by atoms with Crippen molar-refractivity contribution in [1.29, 1.82) is 0 Å². The van der Waals surface area contributed by atoms with E-state index < -0.39 is 0 Å². The van der Waals surface area contributed by atoms with Gasteiger partial charge >= 0.3 is 1.43 Å². The maximum Gasteiger partial charge on any atom is 1.00 e. The summed E-state index contributed by atoms with van der Waals surface area (Å²) in [6, 6.07) is 7.70. The van der Waals surface area contributed by atoms with Crippen molar-refractivity contribution in [3.63, 3.8) is 0 Å². The SMILES string of the molecule is CCCN1CCn2c3c(c4cc(C)ccc42)CCCC31.[Cl-].[H+]. The molecule has 114 valence electrons. The van der Waals surface area contributed by atoms with Crippen molar-refractivity contribution in [3.8, 4) is 0 Å². The van der Waals surface area contributed by atoms with Gasteiger partial charge in [0, 0.05) is 29.7 Å². The van der Waals surface area contributed by atoms with E-state index in [-0.39, 0.29) is 13.8 Å². The number of nitrogens with zero attached hydrogens (tertiary/aromatic N) is 2. The average Bonchev–Trinajstić information content (AvgIpc) is 2.78. The molecule has 4 rings (SSSR count). The van der Waals surface area contributed by atoms with Crippen LogP contribution in [0.1, 0.15) is 50.5 Å². The largest absolute Gasteiger partial charge is 1.00 e. The average molecular weight is 305 g/mol. The molecule has 0 fully saturated rings. The summed E-state index contributed by atoms with van der Waals surface area (Å²) in [4.78, 5) is 2.73. The van der Waals surface area contributed by atoms with Crippen molar-refractivity contribution < 1.29 is 13.8 Å². The van der Waals surface area contributed by atoms with E-state index in [4.69, 9.17) is 0 Å². The molecule has 0 saturated heterocycles. The Kier molecular flexibility index (Phi) is 4.02. The summed E-state index contributed by atoms with van der Waals surface area (Å²) in [5.41, 5.74) is 6.17. The van der Waals surface area contributed by atoms with Crippen LogP contribution >= 0.6 is 0 Å². The lowest BCUT2D eigenvalue weighted by Crippen LogP contribution is -3.00. The highest BCUT2D eigenvalue weighted by atomic mass is 35.5. The van der Waals surface area contributed by atoms with Crippen LogP contribution < -0.4 is 12.4 Å². The Bertz CT molecular complexity index is 665.